The third kappa shape index (κ3) is 7.71. The number of hydrogen-bond donors (Lipinski definition) is 2. The predicted octanol–water partition coefficient (Wildman–Crippen LogP) is 8.09. The molecule has 3 atom stereocenters. The second-order valence-corrected chi connectivity index (χ2v) is 14.7. The van der Waals surface area contributed by atoms with Gasteiger partial charge in [0.05, 0.1) is 37.7 Å². The number of esters is 1. The van der Waals surface area contributed by atoms with Crippen LogP contribution in [0.15, 0.2) is 89.8 Å². The van der Waals surface area contributed by atoms with Crippen LogP contribution in [-0.4, -0.2) is 51.5 Å². The lowest BCUT2D eigenvalue weighted by atomic mass is 9.84. The molecule has 10 heteroatoms. The van der Waals surface area contributed by atoms with Crippen molar-refractivity contribution in [2.24, 2.45) is 5.92 Å². The van der Waals surface area contributed by atoms with Crippen LogP contribution < -0.4 is 4.74 Å². The van der Waals surface area contributed by atoms with Gasteiger partial charge in [-0.25, -0.2) is 0 Å². The number of methoxy groups -OCH3 is 1. The van der Waals surface area contributed by atoms with Gasteiger partial charge in [0.1, 0.15) is 16.7 Å². The Bertz CT molecular complexity index is 1660. The van der Waals surface area contributed by atoms with E-state index in [1.165, 1.54) is 25.4 Å². The van der Waals surface area contributed by atoms with E-state index in [1.807, 2.05) is 74.5 Å². The minimum atomic E-state index is -3.41. The van der Waals surface area contributed by atoms with Crippen molar-refractivity contribution >= 4 is 33.9 Å². The van der Waals surface area contributed by atoms with Crippen LogP contribution >= 0.6 is 22.1 Å². The molecule has 46 heavy (non-hydrogen) atoms. The number of rotatable bonds is 12. The van der Waals surface area contributed by atoms with Gasteiger partial charge in [0, 0.05) is 23.8 Å². The van der Waals surface area contributed by atoms with Gasteiger partial charge >= 0.3 is 5.97 Å². The summed E-state index contributed by atoms with van der Waals surface area (Å²) in [6.07, 6.45) is 0.208. The molecule has 0 saturated carbocycles. The molecule has 1 aliphatic rings. The molecule has 4 aromatic rings. The number of hydrogen-bond acceptors (Lipinski definition) is 9. The fraction of sp³-hybridized carbons (Fsp3) is 0.333. The summed E-state index contributed by atoms with van der Waals surface area (Å²) in [5, 5.41) is 0. The summed E-state index contributed by atoms with van der Waals surface area (Å²) in [7, 11) is -2.03. The smallest absolute Gasteiger partial charge is 0.309 e. The molecule has 2 N–H and O–H groups in total. The number of para-hydroxylation sites is 1. The first-order valence-corrected chi connectivity index (χ1v) is 17.6. The fourth-order valence-electron chi connectivity index (χ4n) is 5.72. The third-order valence-corrected chi connectivity index (χ3v) is 11.5. The fourth-order valence-corrected chi connectivity index (χ4v) is 8.48. The molecular formula is C36H41NO7S2. The first kappa shape index (κ1) is 33.8. The van der Waals surface area contributed by atoms with Crippen molar-refractivity contribution < 1.29 is 32.9 Å². The summed E-state index contributed by atoms with van der Waals surface area (Å²) in [6.45, 7) is 6.78. The summed E-state index contributed by atoms with van der Waals surface area (Å²) in [5.41, 5.74) is 3.83. The molecule has 244 valence electrons. The minimum absolute atomic E-state index is 0.0285. The molecule has 0 aliphatic carbocycles. The Morgan fingerprint density at radius 2 is 1.78 bits per heavy atom. The highest BCUT2D eigenvalue weighted by Gasteiger charge is 2.36. The maximum atomic E-state index is 12.8. The van der Waals surface area contributed by atoms with E-state index in [-0.39, 0.29) is 36.9 Å². The van der Waals surface area contributed by atoms with Crippen molar-refractivity contribution in [3.8, 4) is 5.75 Å². The topological polar surface area (TPSA) is 106 Å². The molecule has 8 nitrogen and oxygen atoms in total. The average molecular weight is 664 g/mol. The van der Waals surface area contributed by atoms with E-state index < -0.39 is 16.7 Å². The molecule has 1 aliphatic heterocycles. The van der Waals surface area contributed by atoms with E-state index in [1.54, 1.807) is 28.6 Å². The van der Waals surface area contributed by atoms with Crippen LogP contribution in [-0.2, 0) is 27.4 Å². The quantitative estimate of drug-likeness (QED) is 0.0890. The Balaban J connectivity index is 1.43. The first-order valence-electron chi connectivity index (χ1n) is 15.3. The number of Topliss-reactive ketones (excluding diaryl/α,β-unsaturated/α-hetero) is 1. The van der Waals surface area contributed by atoms with Gasteiger partial charge in [0.25, 0.3) is 0 Å². The molecule has 5 rings (SSSR count). The van der Waals surface area contributed by atoms with Crippen molar-refractivity contribution in [2.75, 3.05) is 20.3 Å². The van der Waals surface area contributed by atoms with Gasteiger partial charge in [-0.1, -0.05) is 67.6 Å². The van der Waals surface area contributed by atoms with Crippen molar-refractivity contribution in [2.45, 2.75) is 57.3 Å². The summed E-state index contributed by atoms with van der Waals surface area (Å²) >= 11 is 1.38. The van der Waals surface area contributed by atoms with Crippen molar-refractivity contribution in [3.63, 3.8) is 0 Å². The Labute approximate surface area is 276 Å². The summed E-state index contributed by atoms with van der Waals surface area (Å²) in [5.74, 6) is -0.794. The second-order valence-electron chi connectivity index (χ2n) is 11.6. The molecule has 0 fully saturated rings. The van der Waals surface area contributed by atoms with E-state index in [0.717, 1.165) is 27.1 Å². The third-order valence-electron chi connectivity index (χ3n) is 8.33. The number of benzene rings is 3. The number of carbonyl (C=O) groups is 2. The largest absolute Gasteiger partial charge is 0.487 e. The molecular weight excluding hydrogens is 623 g/mol. The van der Waals surface area contributed by atoms with Gasteiger partial charge in [0.15, 0.2) is 5.78 Å². The molecule has 1 aromatic heterocycles. The highest BCUT2D eigenvalue weighted by atomic mass is 32.3. The summed E-state index contributed by atoms with van der Waals surface area (Å²) in [6, 6.07) is 26.7. The Morgan fingerprint density at radius 1 is 1.04 bits per heavy atom. The standard InChI is InChI=1S/C36H41NO7S2/c1-24-14-15-28(35(25(2)36(39)42-4)33-17-16-32(45-33)26(3)38)20-29(24)21-37-22-30(18-19-43-23-27-10-6-5-7-11-27)44-31-12-8-9-13-34(31)46(37,40)41/h5-17,20,25,30,35,40-41H,18-19,21-23H2,1-4H3. The van der Waals surface area contributed by atoms with E-state index in [2.05, 4.69) is 0 Å². The summed E-state index contributed by atoms with van der Waals surface area (Å²) < 4.78 is 42.6. The predicted molar refractivity (Wildman–Crippen MR) is 182 cm³/mol. The number of thiophene rings is 1. The number of aryl methyl sites for hydroxylation is 1. The Hall–Kier alpha value is -3.51. The molecule has 0 radical (unpaired) electrons. The maximum absolute atomic E-state index is 12.8. The number of ketones is 1. The van der Waals surface area contributed by atoms with Crippen LogP contribution in [0.5, 0.6) is 5.75 Å². The van der Waals surface area contributed by atoms with Crippen LogP contribution in [0.2, 0.25) is 0 Å². The lowest BCUT2D eigenvalue weighted by molar-refractivity contribution is -0.145. The highest BCUT2D eigenvalue weighted by molar-refractivity contribution is 8.22. The Morgan fingerprint density at radius 3 is 2.50 bits per heavy atom. The van der Waals surface area contributed by atoms with Gasteiger partial charge in [-0.05, 0) is 60.4 Å². The molecule has 3 aromatic carbocycles. The zero-order valence-corrected chi connectivity index (χ0v) is 28.2. The van der Waals surface area contributed by atoms with E-state index in [0.29, 0.717) is 35.2 Å². The van der Waals surface area contributed by atoms with Crippen molar-refractivity contribution in [1.82, 2.24) is 4.31 Å². The van der Waals surface area contributed by atoms with Crippen molar-refractivity contribution in [3.05, 3.63) is 117 Å². The zero-order valence-electron chi connectivity index (χ0n) is 26.5. The lowest BCUT2D eigenvalue weighted by Gasteiger charge is -2.42. The first-order chi connectivity index (χ1) is 22.1. The van der Waals surface area contributed by atoms with Crippen LogP contribution in [0.25, 0.3) is 0 Å². The lowest BCUT2D eigenvalue weighted by Crippen LogP contribution is -2.35. The molecule has 0 bridgehead atoms. The van der Waals surface area contributed by atoms with Crippen LogP contribution in [0.3, 0.4) is 0 Å². The number of fused-ring (bicyclic) bond motifs is 1. The monoisotopic (exact) mass is 663 g/mol. The van der Waals surface area contributed by atoms with Gasteiger partial charge in [-0.15, -0.1) is 22.1 Å². The molecule has 0 saturated heterocycles. The number of nitrogens with zero attached hydrogens (tertiary/aromatic N) is 1. The molecule has 0 amide bonds. The SMILES string of the molecule is COC(=O)C(C)C(c1ccc(C)c(CN2CC(CCOCc3ccccc3)Oc3ccccc3S2(O)O)c1)c1ccc(C(C)=O)s1. The highest BCUT2D eigenvalue weighted by Crippen LogP contribution is 2.57. The minimum Gasteiger partial charge on any atom is -0.487 e. The normalized spacial score (nSPS) is 18.0. The maximum Gasteiger partial charge on any atom is 0.309 e. The van der Waals surface area contributed by atoms with E-state index in [9.17, 15) is 18.7 Å². The molecule has 3 unspecified atom stereocenters. The summed E-state index contributed by atoms with van der Waals surface area (Å²) in [4.78, 5) is 26.8. The van der Waals surface area contributed by atoms with Crippen molar-refractivity contribution in [1.29, 1.82) is 0 Å². The second kappa shape index (κ2) is 14.9. The van der Waals surface area contributed by atoms with E-state index >= 15 is 0 Å². The molecule has 2 heterocycles. The van der Waals surface area contributed by atoms with Crippen LogP contribution in [0.1, 0.15) is 63.0 Å². The van der Waals surface area contributed by atoms with E-state index in [4.69, 9.17) is 14.2 Å². The average Bonchev–Trinajstić information content (AvgIpc) is 3.51. The van der Waals surface area contributed by atoms with Crippen LogP contribution in [0, 0.1) is 12.8 Å². The van der Waals surface area contributed by atoms with Gasteiger partial charge in [-0.3, -0.25) is 18.7 Å². The van der Waals surface area contributed by atoms with Gasteiger partial charge < -0.3 is 14.2 Å². The zero-order chi connectivity index (χ0) is 32.8. The van der Waals surface area contributed by atoms with Gasteiger partial charge in [0.2, 0.25) is 0 Å². The van der Waals surface area contributed by atoms with Gasteiger partial charge in [-0.2, -0.15) is 4.31 Å². The number of ether oxygens (including phenoxy) is 3. The molecule has 0 spiro atoms. The Kier molecular flexibility index (Phi) is 11.0. The number of carbonyl (C=O) groups excluding carboxylic acids is 2. The van der Waals surface area contributed by atoms with Crippen LogP contribution in [0.4, 0.5) is 0 Å².